The lowest BCUT2D eigenvalue weighted by Gasteiger charge is -2.29. The van der Waals surface area contributed by atoms with Crippen LogP contribution in [0.4, 0.5) is 0 Å². The molecule has 0 spiro atoms. The summed E-state index contributed by atoms with van der Waals surface area (Å²) in [6.45, 7) is 4.36. The summed E-state index contributed by atoms with van der Waals surface area (Å²) in [6.07, 6.45) is 4.80. The van der Waals surface area contributed by atoms with Crippen molar-refractivity contribution >= 4 is 11.8 Å². The number of likely N-dealkylation sites (N-methyl/N-ethyl adjacent to an activating group) is 1. The Morgan fingerprint density at radius 2 is 2.38 bits per heavy atom. The highest BCUT2D eigenvalue weighted by Gasteiger charge is 2.24. The van der Waals surface area contributed by atoms with E-state index in [-0.39, 0.29) is 12.1 Å². The van der Waals surface area contributed by atoms with E-state index in [1.54, 1.807) is 16.4 Å². The average molecular weight is 243 g/mol. The molecule has 0 saturated heterocycles. The number of nitrogens with zero attached hydrogens (tertiary/aromatic N) is 2. The Morgan fingerprint density at radius 1 is 1.69 bits per heavy atom. The van der Waals surface area contributed by atoms with Gasteiger partial charge in [-0.15, -0.1) is 11.8 Å². The molecule has 0 bridgehead atoms. The lowest BCUT2D eigenvalue weighted by molar-refractivity contribution is 0.174. The molecule has 1 aromatic heterocycles. The van der Waals surface area contributed by atoms with Crippen molar-refractivity contribution in [3.05, 3.63) is 12.4 Å². The van der Waals surface area contributed by atoms with Gasteiger partial charge in [-0.05, 0) is 20.4 Å². The highest BCUT2D eigenvalue weighted by atomic mass is 32.2. The molecule has 0 radical (unpaired) electrons. The molecule has 16 heavy (non-hydrogen) atoms. The van der Waals surface area contributed by atoms with Crippen LogP contribution in [0.3, 0.4) is 0 Å². The Morgan fingerprint density at radius 3 is 2.81 bits per heavy atom. The second-order valence-electron chi connectivity index (χ2n) is 4.45. The molecule has 1 rings (SSSR count). The van der Waals surface area contributed by atoms with Crippen LogP contribution >= 0.6 is 11.8 Å². The molecular formula is C11H21N3OS. The summed E-state index contributed by atoms with van der Waals surface area (Å²) in [5.41, 5.74) is -0.200. The molecule has 0 amide bonds. The van der Waals surface area contributed by atoms with E-state index in [1.807, 2.05) is 33.4 Å². The normalized spacial score (nSPS) is 17.1. The third-order valence-electron chi connectivity index (χ3n) is 2.71. The summed E-state index contributed by atoms with van der Waals surface area (Å²) < 4.78 is 1.80. The molecule has 92 valence electrons. The monoisotopic (exact) mass is 243 g/mol. The SMILES string of the molecule is CNC(C)(CO)CC(C)Sc1cnn(C)c1. The third-order valence-corrected chi connectivity index (χ3v) is 3.76. The predicted octanol–water partition coefficient (Wildman–Crippen LogP) is 1.26. The van der Waals surface area contributed by atoms with Crippen molar-refractivity contribution in [1.82, 2.24) is 15.1 Å². The molecule has 2 N–H and O–H groups in total. The number of aliphatic hydroxyl groups is 1. The van der Waals surface area contributed by atoms with E-state index in [9.17, 15) is 5.11 Å². The van der Waals surface area contributed by atoms with Gasteiger partial charge in [0.15, 0.2) is 0 Å². The maximum Gasteiger partial charge on any atom is 0.0625 e. The first kappa shape index (κ1) is 13.5. The van der Waals surface area contributed by atoms with Crippen molar-refractivity contribution in [2.75, 3.05) is 13.7 Å². The van der Waals surface area contributed by atoms with E-state index in [1.165, 1.54) is 4.90 Å². The number of thioether (sulfide) groups is 1. The molecule has 1 heterocycles. The van der Waals surface area contributed by atoms with Crippen molar-refractivity contribution in [1.29, 1.82) is 0 Å². The molecular weight excluding hydrogens is 222 g/mol. The molecule has 0 aliphatic rings. The highest BCUT2D eigenvalue weighted by molar-refractivity contribution is 7.99. The van der Waals surface area contributed by atoms with E-state index in [2.05, 4.69) is 17.3 Å². The standard InChI is InChI=1S/C11H21N3OS/c1-9(5-11(2,8-15)12-3)16-10-6-13-14(4)7-10/h6-7,9,12,15H,5,8H2,1-4H3. The van der Waals surface area contributed by atoms with Crippen molar-refractivity contribution in [2.24, 2.45) is 7.05 Å². The topological polar surface area (TPSA) is 50.1 Å². The Labute approximate surface area is 101 Å². The predicted molar refractivity (Wildman–Crippen MR) is 67.7 cm³/mol. The van der Waals surface area contributed by atoms with Gasteiger partial charge < -0.3 is 10.4 Å². The highest BCUT2D eigenvalue weighted by Crippen LogP contribution is 2.27. The van der Waals surface area contributed by atoms with Crippen LogP contribution in [-0.4, -0.2) is 39.3 Å². The largest absolute Gasteiger partial charge is 0.394 e. The van der Waals surface area contributed by atoms with Gasteiger partial charge in [-0.3, -0.25) is 4.68 Å². The zero-order valence-corrected chi connectivity index (χ0v) is 11.2. The molecule has 0 aliphatic heterocycles. The molecule has 0 saturated carbocycles. The molecule has 0 aliphatic carbocycles. The van der Waals surface area contributed by atoms with Gasteiger partial charge in [-0.1, -0.05) is 6.92 Å². The lowest BCUT2D eigenvalue weighted by Crippen LogP contribution is -2.45. The first-order valence-corrected chi connectivity index (χ1v) is 6.32. The van der Waals surface area contributed by atoms with Crippen LogP contribution in [0, 0.1) is 0 Å². The van der Waals surface area contributed by atoms with Gasteiger partial charge >= 0.3 is 0 Å². The smallest absolute Gasteiger partial charge is 0.0625 e. The fourth-order valence-corrected chi connectivity index (χ4v) is 2.85. The third kappa shape index (κ3) is 3.81. The van der Waals surface area contributed by atoms with Crippen molar-refractivity contribution in [2.45, 2.75) is 36.0 Å². The fraction of sp³-hybridized carbons (Fsp3) is 0.727. The van der Waals surface area contributed by atoms with Crippen LogP contribution in [-0.2, 0) is 7.05 Å². The van der Waals surface area contributed by atoms with Gasteiger partial charge in [0.2, 0.25) is 0 Å². The maximum atomic E-state index is 9.32. The summed E-state index contributed by atoms with van der Waals surface area (Å²) in [5, 5.41) is 17.1. The van der Waals surface area contributed by atoms with Crippen molar-refractivity contribution in [3.8, 4) is 0 Å². The van der Waals surface area contributed by atoms with Gasteiger partial charge in [0.05, 0.1) is 12.8 Å². The van der Waals surface area contributed by atoms with Gasteiger partial charge in [0, 0.05) is 28.9 Å². The molecule has 2 unspecified atom stereocenters. The molecule has 4 nitrogen and oxygen atoms in total. The van der Waals surface area contributed by atoms with Crippen LogP contribution in [0.15, 0.2) is 17.3 Å². The van der Waals surface area contributed by atoms with Crippen LogP contribution < -0.4 is 5.32 Å². The number of nitrogens with one attached hydrogen (secondary N) is 1. The number of aromatic nitrogens is 2. The van der Waals surface area contributed by atoms with E-state index in [0.29, 0.717) is 5.25 Å². The number of hydrogen-bond acceptors (Lipinski definition) is 4. The molecule has 0 aromatic carbocycles. The van der Waals surface area contributed by atoms with Gasteiger partial charge in [0.25, 0.3) is 0 Å². The first-order valence-electron chi connectivity index (χ1n) is 5.44. The van der Waals surface area contributed by atoms with Gasteiger partial charge in [-0.25, -0.2) is 0 Å². The summed E-state index contributed by atoms with van der Waals surface area (Å²) in [7, 11) is 3.80. The van der Waals surface area contributed by atoms with E-state index in [4.69, 9.17) is 0 Å². The average Bonchev–Trinajstić information content (AvgIpc) is 2.63. The van der Waals surface area contributed by atoms with Crippen LogP contribution in [0.25, 0.3) is 0 Å². The summed E-state index contributed by atoms with van der Waals surface area (Å²) >= 11 is 1.79. The number of aryl methyl sites for hydroxylation is 1. The zero-order chi connectivity index (χ0) is 12.2. The van der Waals surface area contributed by atoms with E-state index >= 15 is 0 Å². The molecule has 2 atom stereocenters. The second kappa shape index (κ2) is 5.70. The van der Waals surface area contributed by atoms with Crippen LogP contribution in [0.1, 0.15) is 20.3 Å². The summed E-state index contributed by atoms with van der Waals surface area (Å²) in [5.74, 6) is 0. The zero-order valence-electron chi connectivity index (χ0n) is 10.4. The summed E-state index contributed by atoms with van der Waals surface area (Å²) in [4.78, 5) is 1.17. The van der Waals surface area contributed by atoms with Gasteiger partial charge in [0.1, 0.15) is 0 Å². The number of hydrogen-bond donors (Lipinski definition) is 2. The molecule has 5 heteroatoms. The molecule has 0 fully saturated rings. The molecule has 1 aromatic rings. The number of aliphatic hydroxyl groups excluding tert-OH is 1. The minimum atomic E-state index is -0.200. The van der Waals surface area contributed by atoms with Crippen molar-refractivity contribution in [3.63, 3.8) is 0 Å². The summed E-state index contributed by atoms with van der Waals surface area (Å²) in [6, 6.07) is 0. The van der Waals surface area contributed by atoms with E-state index in [0.717, 1.165) is 6.42 Å². The Bertz CT molecular complexity index is 323. The first-order chi connectivity index (χ1) is 7.49. The minimum Gasteiger partial charge on any atom is -0.394 e. The maximum absolute atomic E-state index is 9.32. The Kier molecular flexibility index (Phi) is 4.83. The lowest BCUT2D eigenvalue weighted by atomic mass is 9.97. The van der Waals surface area contributed by atoms with Crippen molar-refractivity contribution < 1.29 is 5.11 Å². The minimum absolute atomic E-state index is 0.154. The quantitative estimate of drug-likeness (QED) is 0.739. The Balaban J connectivity index is 2.50. The van der Waals surface area contributed by atoms with E-state index < -0.39 is 0 Å². The van der Waals surface area contributed by atoms with Gasteiger partial charge in [-0.2, -0.15) is 5.10 Å². The van der Waals surface area contributed by atoms with Crippen LogP contribution in [0.2, 0.25) is 0 Å². The number of rotatable bonds is 6. The fourth-order valence-electron chi connectivity index (χ4n) is 1.61. The van der Waals surface area contributed by atoms with Crippen LogP contribution in [0.5, 0.6) is 0 Å². The Hall–Kier alpha value is -0.520. The second-order valence-corrected chi connectivity index (χ2v) is 5.96.